The Bertz CT molecular complexity index is 993. The average molecular weight is 397 g/mol. The first-order valence-corrected chi connectivity index (χ1v) is 9.40. The third-order valence-electron chi connectivity index (χ3n) is 5.04. The van der Waals surface area contributed by atoms with Crippen molar-refractivity contribution in [2.75, 3.05) is 5.32 Å². The van der Waals surface area contributed by atoms with Gasteiger partial charge in [-0.05, 0) is 37.8 Å². The van der Waals surface area contributed by atoms with Crippen molar-refractivity contribution in [3.8, 4) is 5.69 Å². The molecule has 1 fully saturated rings. The Hall–Kier alpha value is -3.49. The van der Waals surface area contributed by atoms with Crippen LogP contribution in [0.1, 0.15) is 36.2 Å². The van der Waals surface area contributed by atoms with Gasteiger partial charge >= 0.3 is 0 Å². The fourth-order valence-corrected chi connectivity index (χ4v) is 3.47. The molecule has 9 heteroatoms. The highest BCUT2D eigenvalue weighted by molar-refractivity contribution is 5.92. The molecule has 0 saturated heterocycles. The first-order chi connectivity index (χ1) is 14.1. The number of hydrogen-bond donors (Lipinski definition) is 2. The Kier molecular flexibility index (Phi) is 5.37. The molecule has 2 heterocycles. The number of hydrogen-bond acceptors (Lipinski definition) is 5. The molecule has 0 bridgehead atoms. The smallest absolute Gasteiger partial charge is 0.273 e. The summed E-state index contributed by atoms with van der Waals surface area (Å²) in [5.74, 6) is -0.566. The van der Waals surface area contributed by atoms with Crippen molar-refractivity contribution in [2.24, 2.45) is 5.92 Å². The maximum atomic E-state index is 13.9. The molecule has 0 spiro atoms. The molecule has 2 amide bonds. The topological polar surface area (TPSA) is 102 Å². The van der Waals surface area contributed by atoms with Crippen LogP contribution in [0.3, 0.4) is 0 Å². The standard InChI is InChI=1S/C20H20FN5O3/c21-15-3-1-2-4-17(15)26-10-9-18(25-26)24-19(27)13-5-7-14(8-6-13)23-20(28)16-11-29-12-22-16/h1-4,9-14H,5-8H2,(H,23,28)(H,24,25,27). The van der Waals surface area contributed by atoms with Crippen LogP contribution >= 0.6 is 0 Å². The van der Waals surface area contributed by atoms with Crippen LogP contribution in [-0.4, -0.2) is 32.6 Å². The summed E-state index contributed by atoms with van der Waals surface area (Å²) in [6.07, 6.45) is 6.83. The molecule has 2 N–H and O–H groups in total. The zero-order valence-electron chi connectivity index (χ0n) is 15.5. The van der Waals surface area contributed by atoms with Gasteiger partial charge in [0.25, 0.3) is 5.91 Å². The van der Waals surface area contributed by atoms with Crippen molar-refractivity contribution in [3.05, 3.63) is 60.7 Å². The maximum absolute atomic E-state index is 13.9. The van der Waals surface area contributed by atoms with Gasteiger partial charge in [-0.25, -0.2) is 14.1 Å². The predicted molar refractivity (Wildman–Crippen MR) is 102 cm³/mol. The lowest BCUT2D eigenvalue weighted by molar-refractivity contribution is -0.120. The van der Waals surface area contributed by atoms with Crippen LogP contribution in [0.25, 0.3) is 5.69 Å². The van der Waals surface area contributed by atoms with Crippen LogP contribution in [0.4, 0.5) is 10.2 Å². The fourth-order valence-electron chi connectivity index (χ4n) is 3.47. The third kappa shape index (κ3) is 4.34. The molecule has 0 aliphatic heterocycles. The summed E-state index contributed by atoms with van der Waals surface area (Å²) in [7, 11) is 0. The minimum atomic E-state index is -0.389. The van der Waals surface area contributed by atoms with Crippen molar-refractivity contribution in [2.45, 2.75) is 31.7 Å². The van der Waals surface area contributed by atoms with E-state index >= 15 is 0 Å². The van der Waals surface area contributed by atoms with Gasteiger partial charge in [0.2, 0.25) is 5.91 Å². The Labute approximate surface area is 166 Å². The molecular weight excluding hydrogens is 377 g/mol. The van der Waals surface area contributed by atoms with Crippen molar-refractivity contribution in [3.63, 3.8) is 0 Å². The summed E-state index contributed by atoms with van der Waals surface area (Å²) in [5, 5.41) is 9.94. The maximum Gasteiger partial charge on any atom is 0.273 e. The Balaban J connectivity index is 1.29. The number of amides is 2. The van der Waals surface area contributed by atoms with E-state index in [9.17, 15) is 14.0 Å². The molecule has 29 heavy (non-hydrogen) atoms. The molecule has 150 valence electrons. The number of nitrogens with zero attached hydrogens (tertiary/aromatic N) is 3. The molecule has 1 saturated carbocycles. The minimum absolute atomic E-state index is 0.00325. The zero-order valence-corrected chi connectivity index (χ0v) is 15.5. The van der Waals surface area contributed by atoms with Crippen LogP contribution in [-0.2, 0) is 4.79 Å². The first-order valence-electron chi connectivity index (χ1n) is 9.40. The molecule has 0 atom stereocenters. The van der Waals surface area contributed by atoms with E-state index in [1.807, 2.05) is 0 Å². The second kappa shape index (κ2) is 8.26. The van der Waals surface area contributed by atoms with Gasteiger partial charge in [-0.1, -0.05) is 12.1 Å². The number of para-hydroxylation sites is 1. The molecule has 1 aliphatic rings. The summed E-state index contributed by atoms with van der Waals surface area (Å²) in [6, 6.07) is 7.93. The Morgan fingerprint density at radius 2 is 1.93 bits per heavy atom. The van der Waals surface area contributed by atoms with Gasteiger partial charge in [0, 0.05) is 24.2 Å². The second-order valence-electron chi connectivity index (χ2n) is 6.98. The van der Waals surface area contributed by atoms with E-state index in [2.05, 4.69) is 20.7 Å². The minimum Gasteiger partial charge on any atom is -0.451 e. The second-order valence-corrected chi connectivity index (χ2v) is 6.98. The fraction of sp³-hybridized carbons (Fsp3) is 0.300. The lowest BCUT2D eigenvalue weighted by Gasteiger charge is -2.27. The first kappa shape index (κ1) is 18.9. The molecule has 3 aromatic rings. The normalized spacial score (nSPS) is 18.9. The number of halogens is 1. The van der Waals surface area contributed by atoms with Gasteiger partial charge in [0.15, 0.2) is 17.9 Å². The summed E-state index contributed by atoms with van der Waals surface area (Å²) in [4.78, 5) is 28.4. The zero-order chi connectivity index (χ0) is 20.2. The summed E-state index contributed by atoms with van der Waals surface area (Å²) < 4.78 is 20.1. The average Bonchev–Trinajstić information content (AvgIpc) is 3.41. The van der Waals surface area contributed by atoms with Crippen LogP contribution in [0, 0.1) is 11.7 Å². The number of rotatable bonds is 5. The van der Waals surface area contributed by atoms with E-state index in [0.717, 1.165) is 0 Å². The number of oxazole rings is 1. The number of aromatic nitrogens is 3. The van der Waals surface area contributed by atoms with Gasteiger partial charge in [-0.15, -0.1) is 5.10 Å². The highest BCUT2D eigenvalue weighted by Crippen LogP contribution is 2.26. The van der Waals surface area contributed by atoms with Crippen molar-refractivity contribution < 1.29 is 18.4 Å². The third-order valence-corrected chi connectivity index (χ3v) is 5.04. The van der Waals surface area contributed by atoms with Gasteiger partial charge in [0.05, 0.1) is 0 Å². The van der Waals surface area contributed by atoms with E-state index < -0.39 is 0 Å². The Morgan fingerprint density at radius 3 is 2.66 bits per heavy atom. The van der Waals surface area contributed by atoms with E-state index in [1.165, 1.54) is 23.4 Å². The molecule has 0 radical (unpaired) electrons. The monoisotopic (exact) mass is 397 g/mol. The SMILES string of the molecule is O=C(NC1CCC(C(=O)Nc2ccn(-c3ccccc3F)n2)CC1)c1cocn1. The number of carbonyl (C=O) groups excluding carboxylic acids is 2. The summed E-state index contributed by atoms with van der Waals surface area (Å²) in [5.41, 5.74) is 0.562. The number of benzene rings is 1. The van der Waals surface area contributed by atoms with E-state index in [4.69, 9.17) is 4.42 Å². The largest absolute Gasteiger partial charge is 0.451 e. The van der Waals surface area contributed by atoms with Crippen molar-refractivity contribution in [1.29, 1.82) is 0 Å². The van der Waals surface area contributed by atoms with E-state index in [0.29, 0.717) is 37.2 Å². The van der Waals surface area contributed by atoms with E-state index in [1.54, 1.807) is 30.5 Å². The Morgan fingerprint density at radius 1 is 1.14 bits per heavy atom. The number of carbonyl (C=O) groups is 2. The van der Waals surface area contributed by atoms with Crippen LogP contribution < -0.4 is 10.6 Å². The van der Waals surface area contributed by atoms with Crippen LogP contribution in [0.2, 0.25) is 0 Å². The summed E-state index contributed by atoms with van der Waals surface area (Å²) >= 11 is 0. The van der Waals surface area contributed by atoms with E-state index in [-0.39, 0.29) is 35.3 Å². The molecule has 4 rings (SSSR count). The van der Waals surface area contributed by atoms with Crippen LogP contribution in [0.15, 0.2) is 53.6 Å². The van der Waals surface area contributed by atoms with Gasteiger partial charge in [-0.2, -0.15) is 0 Å². The highest BCUT2D eigenvalue weighted by atomic mass is 19.1. The predicted octanol–water partition coefficient (Wildman–Crippen LogP) is 2.93. The summed E-state index contributed by atoms with van der Waals surface area (Å²) in [6.45, 7) is 0. The number of nitrogens with one attached hydrogen (secondary N) is 2. The molecular formula is C20H20FN5O3. The molecule has 2 aromatic heterocycles. The van der Waals surface area contributed by atoms with Crippen LogP contribution in [0.5, 0.6) is 0 Å². The molecule has 8 nitrogen and oxygen atoms in total. The van der Waals surface area contributed by atoms with Crippen molar-refractivity contribution >= 4 is 17.6 Å². The molecule has 0 unspecified atom stereocenters. The lowest BCUT2D eigenvalue weighted by atomic mass is 9.85. The number of anilines is 1. The molecule has 1 aliphatic carbocycles. The highest BCUT2D eigenvalue weighted by Gasteiger charge is 2.28. The van der Waals surface area contributed by atoms with Gasteiger partial charge < -0.3 is 15.1 Å². The quantitative estimate of drug-likeness (QED) is 0.689. The lowest BCUT2D eigenvalue weighted by Crippen LogP contribution is -2.39. The van der Waals surface area contributed by atoms with Gasteiger partial charge in [0.1, 0.15) is 17.8 Å². The van der Waals surface area contributed by atoms with Crippen molar-refractivity contribution in [1.82, 2.24) is 20.1 Å². The molecule has 1 aromatic carbocycles. The van der Waals surface area contributed by atoms with Gasteiger partial charge in [-0.3, -0.25) is 9.59 Å².